The van der Waals surface area contributed by atoms with Crippen molar-refractivity contribution in [2.75, 3.05) is 0 Å². The molecule has 0 aliphatic heterocycles. The Balaban J connectivity index is 2.48. The van der Waals surface area contributed by atoms with Crippen molar-refractivity contribution in [2.24, 2.45) is 0 Å². The average molecular weight is 299 g/mol. The number of rotatable bonds is 2. The molecule has 0 saturated carbocycles. The molecule has 1 heterocycles. The highest BCUT2D eigenvalue weighted by molar-refractivity contribution is 9.10. The van der Waals surface area contributed by atoms with Crippen LogP contribution in [0.5, 0.6) is 0 Å². The molecule has 1 aromatic carbocycles. The van der Waals surface area contributed by atoms with Gasteiger partial charge in [-0.1, -0.05) is 15.9 Å². The molecule has 0 amide bonds. The number of aromatic amines is 1. The number of hydrogen-bond donors (Lipinski definition) is 1. The van der Waals surface area contributed by atoms with E-state index in [1.807, 2.05) is 0 Å². The number of benzene rings is 1. The summed E-state index contributed by atoms with van der Waals surface area (Å²) in [4.78, 5) is 25.2. The van der Waals surface area contributed by atoms with E-state index in [-0.39, 0.29) is 12.1 Å². The summed E-state index contributed by atoms with van der Waals surface area (Å²) < 4.78 is 15.1. The maximum absolute atomic E-state index is 13.5. The lowest BCUT2D eigenvalue weighted by Crippen LogP contribution is -2.34. The van der Waals surface area contributed by atoms with Gasteiger partial charge >= 0.3 is 5.69 Å². The molecule has 0 unspecified atom stereocenters. The van der Waals surface area contributed by atoms with Crippen molar-refractivity contribution in [1.29, 1.82) is 0 Å². The van der Waals surface area contributed by atoms with E-state index in [2.05, 4.69) is 20.9 Å². The second-order valence-corrected chi connectivity index (χ2v) is 4.36. The molecule has 0 atom stereocenters. The lowest BCUT2D eigenvalue weighted by Gasteiger charge is -2.05. The minimum absolute atomic E-state index is 0.0969. The van der Waals surface area contributed by atoms with Crippen LogP contribution in [0.2, 0.25) is 0 Å². The van der Waals surface area contributed by atoms with E-state index in [1.165, 1.54) is 24.4 Å². The fourth-order valence-corrected chi connectivity index (χ4v) is 1.85. The van der Waals surface area contributed by atoms with Gasteiger partial charge in [0.25, 0.3) is 5.56 Å². The fourth-order valence-electron chi connectivity index (χ4n) is 1.44. The molecule has 4 nitrogen and oxygen atoms in total. The smallest absolute Gasteiger partial charge is 0.314 e. The molecular weight excluding hydrogens is 291 g/mol. The summed E-state index contributed by atoms with van der Waals surface area (Å²) in [5.74, 6) is -0.455. The van der Waals surface area contributed by atoms with Crippen LogP contribution >= 0.6 is 15.9 Å². The summed E-state index contributed by atoms with van der Waals surface area (Å²) in [5.41, 5.74) is -0.747. The van der Waals surface area contributed by atoms with E-state index in [9.17, 15) is 14.0 Å². The standard InChI is InChI=1S/C11H8BrFN2O2/c12-8-1-2-9(13)7(5-8)6-15-10(16)3-4-14-11(15)17/h1-5H,6H2,(H,14,17). The van der Waals surface area contributed by atoms with Crippen LogP contribution in [-0.2, 0) is 6.54 Å². The zero-order valence-electron chi connectivity index (χ0n) is 8.61. The summed E-state index contributed by atoms with van der Waals surface area (Å²) in [6.07, 6.45) is 1.26. The summed E-state index contributed by atoms with van der Waals surface area (Å²) in [5, 5.41) is 0. The van der Waals surface area contributed by atoms with E-state index in [0.717, 1.165) is 4.57 Å². The van der Waals surface area contributed by atoms with Gasteiger partial charge in [0, 0.05) is 22.3 Å². The van der Waals surface area contributed by atoms with Gasteiger partial charge in [-0.15, -0.1) is 0 Å². The van der Waals surface area contributed by atoms with Crippen molar-refractivity contribution in [3.8, 4) is 0 Å². The maximum Gasteiger partial charge on any atom is 0.328 e. The first kappa shape index (κ1) is 11.8. The summed E-state index contributed by atoms with van der Waals surface area (Å²) in [7, 11) is 0. The van der Waals surface area contributed by atoms with E-state index in [4.69, 9.17) is 0 Å². The highest BCUT2D eigenvalue weighted by Gasteiger charge is 2.07. The molecule has 0 fully saturated rings. The van der Waals surface area contributed by atoms with Gasteiger partial charge in [0.2, 0.25) is 0 Å². The maximum atomic E-state index is 13.5. The number of aromatic nitrogens is 2. The van der Waals surface area contributed by atoms with Gasteiger partial charge in [-0.2, -0.15) is 0 Å². The van der Waals surface area contributed by atoms with Gasteiger partial charge in [-0.25, -0.2) is 9.18 Å². The number of nitrogens with one attached hydrogen (secondary N) is 1. The molecule has 0 aliphatic carbocycles. The Kier molecular flexibility index (Phi) is 3.23. The van der Waals surface area contributed by atoms with Crippen LogP contribution in [0.1, 0.15) is 5.56 Å². The van der Waals surface area contributed by atoms with Crippen molar-refractivity contribution in [3.63, 3.8) is 0 Å². The van der Waals surface area contributed by atoms with Gasteiger partial charge in [0.1, 0.15) is 5.82 Å². The lowest BCUT2D eigenvalue weighted by molar-refractivity contribution is 0.588. The molecule has 17 heavy (non-hydrogen) atoms. The molecule has 1 N–H and O–H groups in total. The predicted molar refractivity (Wildman–Crippen MR) is 64.5 cm³/mol. The average Bonchev–Trinajstić information content (AvgIpc) is 2.28. The fraction of sp³-hybridized carbons (Fsp3) is 0.0909. The second-order valence-electron chi connectivity index (χ2n) is 3.44. The van der Waals surface area contributed by atoms with Crippen LogP contribution in [-0.4, -0.2) is 9.55 Å². The number of nitrogens with zero attached hydrogens (tertiary/aromatic N) is 1. The molecule has 0 saturated heterocycles. The van der Waals surface area contributed by atoms with E-state index in [0.29, 0.717) is 4.47 Å². The summed E-state index contributed by atoms with van der Waals surface area (Å²) in [6, 6.07) is 5.59. The van der Waals surface area contributed by atoms with Gasteiger partial charge in [-0.3, -0.25) is 9.36 Å². The van der Waals surface area contributed by atoms with Crippen LogP contribution in [0.3, 0.4) is 0 Å². The second kappa shape index (κ2) is 4.67. The van der Waals surface area contributed by atoms with E-state index >= 15 is 0 Å². The third-order valence-corrected chi connectivity index (χ3v) is 2.77. The van der Waals surface area contributed by atoms with Crippen LogP contribution in [0, 0.1) is 5.82 Å². The molecule has 2 aromatic rings. The Labute approximate surface area is 104 Å². The first-order valence-corrected chi connectivity index (χ1v) is 5.59. The minimum atomic E-state index is -0.558. The predicted octanol–water partition coefficient (Wildman–Crippen LogP) is 1.49. The summed E-state index contributed by atoms with van der Waals surface area (Å²) in [6.45, 7) is -0.0969. The third-order valence-electron chi connectivity index (χ3n) is 2.28. The Hall–Kier alpha value is -1.69. The quantitative estimate of drug-likeness (QED) is 0.913. The first-order valence-electron chi connectivity index (χ1n) is 4.80. The Morgan fingerprint density at radius 3 is 2.76 bits per heavy atom. The van der Waals surface area contributed by atoms with Crippen molar-refractivity contribution in [3.05, 3.63) is 67.2 Å². The van der Waals surface area contributed by atoms with Crippen molar-refractivity contribution in [1.82, 2.24) is 9.55 Å². The van der Waals surface area contributed by atoms with Crippen LogP contribution in [0.15, 0.2) is 44.5 Å². The molecule has 0 spiro atoms. The largest absolute Gasteiger partial charge is 0.328 e. The minimum Gasteiger partial charge on any atom is -0.314 e. The molecule has 0 radical (unpaired) electrons. The number of hydrogen-bond acceptors (Lipinski definition) is 2. The van der Waals surface area contributed by atoms with Crippen molar-refractivity contribution in [2.45, 2.75) is 6.54 Å². The Morgan fingerprint density at radius 2 is 2.06 bits per heavy atom. The molecule has 2 rings (SSSR count). The molecule has 1 aromatic heterocycles. The van der Waals surface area contributed by atoms with Crippen molar-refractivity contribution >= 4 is 15.9 Å². The van der Waals surface area contributed by atoms with Crippen LogP contribution in [0.25, 0.3) is 0 Å². The number of halogens is 2. The zero-order valence-corrected chi connectivity index (χ0v) is 10.2. The topological polar surface area (TPSA) is 54.9 Å². The third kappa shape index (κ3) is 2.52. The highest BCUT2D eigenvalue weighted by Crippen LogP contribution is 2.15. The van der Waals surface area contributed by atoms with Gasteiger partial charge in [-0.05, 0) is 18.2 Å². The SMILES string of the molecule is O=c1cc[nH]c(=O)n1Cc1cc(Br)ccc1F. The van der Waals surface area contributed by atoms with E-state index < -0.39 is 17.1 Å². The number of H-pyrrole nitrogens is 1. The molecule has 6 heteroatoms. The van der Waals surface area contributed by atoms with Crippen molar-refractivity contribution < 1.29 is 4.39 Å². The summed E-state index contributed by atoms with van der Waals surface area (Å²) >= 11 is 3.21. The van der Waals surface area contributed by atoms with Crippen LogP contribution < -0.4 is 11.2 Å². The van der Waals surface area contributed by atoms with Gasteiger partial charge in [0.15, 0.2) is 0 Å². The zero-order chi connectivity index (χ0) is 12.4. The van der Waals surface area contributed by atoms with Crippen LogP contribution in [0.4, 0.5) is 4.39 Å². The first-order chi connectivity index (χ1) is 8.08. The molecule has 88 valence electrons. The molecule has 0 aliphatic rings. The van der Waals surface area contributed by atoms with Gasteiger partial charge in [0.05, 0.1) is 6.54 Å². The lowest BCUT2D eigenvalue weighted by atomic mass is 10.2. The Morgan fingerprint density at radius 1 is 1.29 bits per heavy atom. The monoisotopic (exact) mass is 298 g/mol. The normalized spacial score (nSPS) is 10.5. The molecular formula is C11H8BrFN2O2. The highest BCUT2D eigenvalue weighted by atomic mass is 79.9. The Bertz CT molecular complexity index is 635. The van der Waals surface area contributed by atoms with Gasteiger partial charge < -0.3 is 4.98 Å². The van der Waals surface area contributed by atoms with E-state index in [1.54, 1.807) is 6.07 Å². The molecule has 0 bridgehead atoms.